The Labute approximate surface area is 98.4 Å². The number of nitrogens with two attached hydrogens (primary N) is 1. The summed E-state index contributed by atoms with van der Waals surface area (Å²) in [6.07, 6.45) is 0. The average Bonchev–Trinajstić information content (AvgIpc) is 2.27. The molecule has 0 fully saturated rings. The molecule has 6 nitrogen and oxygen atoms in total. The number of carbonyl (C=O) groups excluding carboxylic acids is 1. The van der Waals surface area contributed by atoms with Crippen molar-refractivity contribution >= 4 is 17.6 Å². The fourth-order valence-corrected chi connectivity index (χ4v) is 1.08. The van der Waals surface area contributed by atoms with Gasteiger partial charge in [0.2, 0.25) is 5.91 Å². The summed E-state index contributed by atoms with van der Waals surface area (Å²) in [5.41, 5.74) is 5.81. The highest BCUT2D eigenvalue weighted by Crippen LogP contribution is 2.23. The molecule has 1 unspecified atom stereocenters. The summed E-state index contributed by atoms with van der Waals surface area (Å²) in [5.74, 6) is -1.15. The summed E-state index contributed by atoms with van der Waals surface area (Å²) in [4.78, 5) is 21.8. The zero-order valence-corrected chi connectivity index (χ0v) is 9.34. The first-order valence-corrected chi connectivity index (χ1v) is 5.00. The van der Waals surface area contributed by atoms with Crippen LogP contribution in [0, 0.1) is 0 Å². The lowest BCUT2D eigenvalue weighted by Crippen LogP contribution is -2.32. The van der Waals surface area contributed by atoms with Crippen LogP contribution in [0.2, 0.25) is 0 Å². The van der Waals surface area contributed by atoms with E-state index in [4.69, 9.17) is 15.6 Å². The number of para-hydroxylation sites is 2. The summed E-state index contributed by atoms with van der Waals surface area (Å²) >= 11 is 0. The van der Waals surface area contributed by atoms with Gasteiger partial charge in [-0.25, -0.2) is 4.79 Å². The largest absolute Gasteiger partial charge is 0.480 e. The first-order valence-electron chi connectivity index (χ1n) is 5.00. The Hall–Kier alpha value is -2.08. The van der Waals surface area contributed by atoms with E-state index in [2.05, 4.69) is 5.32 Å². The monoisotopic (exact) mass is 238 g/mol. The standard InChI is InChI=1S/C11H14N2O4/c1-7(12)11(16)13-8-4-2-3-5-9(8)17-6-10(14)15/h2-5,7H,6,12H2,1H3,(H,13,16)(H,14,15). The van der Waals surface area contributed by atoms with Gasteiger partial charge >= 0.3 is 5.97 Å². The Morgan fingerprint density at radius 1 is 1.47 bits per heavy atom. The third-order valence-electron chi connectivity index (χ3n) is 1.91. The van der Waals surface area contributed by atoms with Crippen LogP contribution < -0.4 is 15.8 Å². The number of benzene rings is 1. The maximum absolute atomic E-state index is 11.4. The average molecular weight is 238 g/mol. The number of rotatable bonds is 5. The highest BCUT2D eigenvalue weighted by molar-refractivity contribution is 5.95. The van der Waals surface area contributed by atoms with Crippen molar-refractivity contribution < 1.29 is 19.4 Å². The van der Waals surface area contributed by atoms with E-state index in [1.165, 1.54) is 0 Å². The molecule has 1 atom stereocenters. The lowest BCUT2D eigenvalue weighted by atomic mass is 10.2. The van der Waals surface area contributed by atoms with Crippen LogP contribution >= 0.6 is 0 Å². The van der Waals surface area contributed by atoms with Gasteiger partial charge in [0, 0.05) is 0 Å². The van der Waals surface area contributed by atoms with Crippen LogP contribution in [0.5, 0.6) is 5.75 Å². The smallest absolute Gasteiger partial charge is 0.341 e. The van der Waals surface area contributed by atoms with Crippen LogP contribution in [0.3, 0.4) is 0 Å². The highest BCUT2D eigenvalue weighted by atomic mass is 16.5. The number of amides is 1. The molecule has 92 valence electrons. The van der Waals surface area contributed by atoms with Crippen LogP contribution in [0.15, 0.2) is 24.3 Å². The number of nitrogens with one attached hydrogen (secondary N) is 1. The van der Waals surface area contributed by atoms with Gasteiger partial charge in [0.15, 0.2) is 6.61 Å². The Balaban J connectivity index is 2.77. The van der Waals surface area contributed by atoms with Gasteiger partial charge in [0.05, 0.1) is 11.7 Å². The minimum atomic E-state index is -1.08. The van der Waals surface area contributed by atoms with Crippen molar-refractivity contribution in [1.29, 1.82) is 0 Å². The second-order valence-corrected chi connectivity index (χ2v) is 3.46. The van der Waals surface area contributed by atoms with Gasteiger partial charge in [0.1, 0.15) is 5.75 Å². The molecule has 0 aromatic heterocycles. The molecule has 0 aliphatic rings. The lowest BCUT2D eigenvalue weighted by Gasteiger charge is -2.12. The highest BCUT2D eigenvalue weighted by Gasteiger charge is 2.11. The van der Waals surface area contributed by atoms with E-state index in [0.29, 0.717) is 11.4 Å². The zero-order chi connectivity index (χ0) is 12.8. The van der Waals surface area contributed by atoms with Gasteiger partial charge in [0.25, 0.3) is 0 Å². The summed E-state index contributed by atoms with van der Waals surface area (Å²) in [7, 11) is 0. The molecule has 0 radical (unpaired) electrons. The molecule has 0 aliphatic carbocycles. The van der Waals surface area contributed by atoms with E-state index in [9.17, 15) is 9.59 Å². The maximum atomic E-state index is 11.4. The molecule has 0 aliphatic heterocycles. The minimum absolute atomic E-state index is 0.295. The molecule has 1 aromatic carbocycles. The molecule has 1 aromatic rings. The minimum Gasteiger partial charge on any atom is -0.480 e. The van der Waals surface area contributed by atoms with Gasteiger partial charge in [-0.2, -0.15) is 0 Å². The number of anilines is 1. The predicted octanol–water partition coefficient (Wildman–Crippen LogP) is 0.436. The Morgan fingerprint density at radius 3 is 2.71 bits per heavy atom. The first-order chi connectivity index (χ1) is 8.00. The van der Waals surface area contributed by atoms with Crippen molar-refractivity contribution in [2.24, 2.45) is 5.73 Å². The van der Waals surface area contributed by atoms with Crippen molar-refractivity contribution in [2.75, 3.05) is 11.9 Å². The third-order valence-corrected chi connectivity index (χ3v) is 1.91. The molecule has 0 saturated heterocycles. The fourth-order valence-electron chi connectivity index (χ4n) is 1.08. The number of aliphatic carboxylic acids is 1. The van der Waals surface area contributed by atoms with Crippen LogP contribution in [-0.4, -0.2) is 29.6 Å². The normalized spacial score (nSPS) is 11.6. The van der Waals surface area contributed by atoms with Crippen LogP contribution in [-0.2, 0) is 9.59 Å². The number of carbonyl (C=O) groups is 2. The maximum Gasteiger partial charge on any atom is 0.341 e. The number of carboxylic acid groups (broad SMARTS) is 1. The summed E-state index contributed by atoms with van der Waals surface area (Å²) in [6, 6.07) is 5.91. The fraction of sp³-hybridized carbons (Fsp3) is 0.273. The third kappa shape index (κ3) is 4.12. The number of hydrogen-bond donors (Lipinski definition) is 3. The molecule has 0 bridgehead atoms. The van der Waals surface area contributed by atoms with Gasteiger partial charge in [-0.3, -0.25) is 4.79 Å². The van der Waals surface area contributed by atoms with Gasteiger partial charge in [-0.15, -0.1) is 0 Å². The van der Waals surface area contributed by atoms with Crippen molar-refractivity contribution in [3.63, 3.8) is 0 Å². The van der Waals surface area contributed by atoms with E-state index in [1.807, 2.05) is 0 Å². The molecule has 4 N–H and O–H groups in total. The van der Waals surface area contributed by atoms with Crippen LogP contribution in [0.25, 0.3) is 0 Å². The topological polar surface area (TPSA) is 102 Å². The van der Waals surface area contributed by atoms with Crippen molar-refractivity contribution in [2.45, 2.75) is 13.0 Å². The molecule has 0 spiro atoms. The van der Waals surface area contributed by atoms with E-state index in [0.717, 1.165) is 0 Å². The second-order valence-electron chi connectivity index (χ2n) is 3.46. The molecule has 1 rings (SSSR count). The zero-order valence-electron chi connectivity index (χ0n) is 9.34. The SMILES string of the molecule is CC(N)C(=O)Nc1ccccc1OCC(=O)O. The molecule has 0 heterocycles. The molecular weight excluding hydrogens is 224 g/mol. The Morgan fingerprint density at radius 2 is 2.12 bits per heavy atom. The Kier molecular flexibility index (Phi) is 4.47. The summed E-state index contributed by atoms with van der Waals surface area (Å²) in [5, 5.41) is 11.1. The quantitative estimate of drug-likeness (QED) is 0.690. The summed E-state index contributed by atoms with van der Waals surface area (Å²) in [6.45, 7) is 1.08. The molecule has 6 heteroatoms. The molecule has 0 saturated carbocycles. The van der Waals surface area contributed by atoms with Crippen LogP contribution in [0.4, 0.5) is 5.69 Å². The predicted molar refractivity (Wildman–Crippen MR) is 61.9 cm³/mol. The van der Waals surface area contributed by atoms with E-state index >= 15 is 0 Å². The van der Waals surface area contributed by atoms with Crippen molar-refractivity contribution in [3.05, 3.63) is 24.3 Å². The van der Waals surface area contributed by atoms with Gasteiger partial charge in [-0.05, 0) is 19.1 Å². The second kappa shape index (κ2) is 5.86. The number of carboxylic acids is 1. The molecular formula is C11H14N2O4. The van der Waals surface area contributed by atoms with Gasteiger partial charge in [-0.1, -0.05) is 12.1 Å². The van der Waals surface area contributed by atoms with E-state index in [1.54, 1.807) is 31.2 Å². The molecule has 1 amide bonds. The lowest BCUT2D eigenvalue weighted by molar-refractivity contribution is -0.139. The van der Waals surface area contributed by atoms with E-state index in [-0.39, 0.29) is 5.91 Å². The van der Waals surface area contributed by atoms with Crippen molar-refractivity contribution in [3.8, 4) is 5.75 Å². The van der Waals surface area contributed by atoms with E-state index < -0.39 is 18.6 Å². The van der Waals surface area contributed by atoms with Crippen molar-refractivity contribution in [1.82, 2.24) is 0 Å². The Bertz CT molecular complexity index is 418. The van der Waals surface area contributed by atoms with Gasteiger partial charge < -0.3 is 20.9 Å². The number of ether oxygens (including phenoxy) is 1. The summed E-state index contributed by atoms with van der Waals surface area (Å²) < 4.78 is 5.02. The van der Waals surface area contributed by atoms with Crippen LogP contribution in [0.1, 0.15) is 6.92 Å². The molecule has 17 heavy (non-hydrogen) atoms. The number of hydrogen-bond acceptors (Lipinski definition) is 4. The first kappa shape index (κ1) is 13.0.